The summed E-state index contributed by atoms with van der Waals surface area (Å²) in [6.07, 6.45) is 0.392. The number of rotatable bonds is 5. The number of nitro benzene ring substituents is 2. The molecule has 0 saturated heterocycles. The molecular weight excluding hydrogens is 344 g/mol. The first kappa shape index (κ1) is 17.0. The second-order valence-electron chi connectivity index (χ2n) is 4.41. The molecule has 0 saturated carbocycles. The number of aldehydes is 1. The Bertz CT molecular complexity index is 866. The van der Waals surface area contributed by atoms with E-state index in [2.05, 4.69) is 0 Å². The highest BCUT2D eigenvalue weighted by molar-refractivity contribution is 6.31. The van der Waals surface area contributed by atoms with Crippen LogP contribution in [0.15, 0.2) is 36.4 Å². The maximum absolute atomic E-state index is 12.1. The smallest absolute Gasteiger partial charge is 0.350 e. The van der Waals surface area contributed by atoms with Gasteiger partial charge in [-0.15, -0.1) is 0 Å². The minimum Gasteiger partial charge on any atom is -0.415 e. The van der Waals surface area contributed by atoms with Gasteiger partial charge in [-0.2, -0.15) is 0 Å². The summed E-state index contributed by atoms with van der Waals surface area (Å²) in [5.41, 5.74) is -1.62. The van der Waals surface area contributed by atoms with Gasteiger partial charge in [0.05, 0.1) is 9.85 Å². The molecule has 24 heavy (non-hydrogen) atoms. The van der Waals surface area contributed by atoms with Crippen molar-refractivity contribution in [2.45, 2.75) is 0 Å². The minimum absolute atomic E-state index is 0.0129. The number of carbonyl (C=O) groups excluding carboxylic acids is 2. The molecule has 0 N–H and O–H groups in total. The number of carbonyl (C=O) groups is 2. The number of benzene rings is 2. The summed E-state index contributed by atoms with van der Waals surface area (Å²) in [6.45, 7) is 0. The molecule has 0 radical (unpaired) electrons. The van der Waals surface area contributed by atoms with Gasteiger partial charge in [0.15, 0.2) is 0 Å². The largest absolute Gasteiger partial charge is 0.415 e. The van der Waals surface area contributed by atoms with Crippen LogP contribution in [-0.4, -0.2) is 22.1 Å². The molecule has 0 atom stereocenters. The van der Waals surface area contributed by atoms with Gasteiger partial charge in [0.2, 0.25) is 5.75 Å². The second kappa shape index (κ2) is 6.84. The highest BCUT2D eigenvalue weighted by atomic mass is 35.5. The zero-order valence-electron chi connectivity index (χ0n) is 11.7. The van der Waals surface area contributed by atoms with E-state index in [1.54, 1.807) is 0 Å². The van der Waals surface area contributed by atoms with Crippen LogP contribution in [0.4, 0.5) is 11.4 Å². The molecule has 0 bridgehead atoms. The lowest BCUT2D eigenvalue weighted by molar-refractivity contribution is -0.386. The third-order valence-electron chi connectivity index (χ3n) is 2.89. The molecule has 0 amide bonds. The van der Waals surface area contributed by atoms with Crippen LogP contribution in [0, 0.1) is 20.2 Å². The third-order valence-corrected chi connectivity index (χ3v) is 3.13. The molecule has 0 spiro atoms. The molecule has 0 aliphatic carbocycles. The predicted octanol–water partition coefficient (Wildman–Crippen LogP) is 3.19. The lowest BCUT2D eigenvalue weighted by atomic mass is 10.1. The van der Waals surface area contributed by atoms with Crippen LogP contribution >= 0.6 is 11.6 Å². The molecule has 2 rings (SSSR count). The molecule has 122 valence electrons. The van der Waals surface area contributed by atoms with E-state index in [-0.39, 0.29) is 10.6 Å². The fourth-order valence-electron chi connectivity index (χ4n) is 1.82. The summed E-state index contributed by atoms with van der Waals surface area (Å²) in [5, 5.41) is 22.0. The number of esters is 1. The predicted molar refractivity (Wildman–Crippen MR) is 81.5 cm³/mol. The normalized spacial score (nSPS) is 10.0. The average Bonchev–Trinajstić information content (AvgIpc) is 2.54. The second-order valence-corrected chi connectivity index (χ2v) is 4.85. The SMILES string of the molecule is O=Cc1ccc(OC(=O)c2ccc(Cl)cc2[N+](=O)[O-])c([N+](=O)[O-])c1. The molecule has 0 aliphatic rings. The van der Waals surface area contributed by atoms with Gasteiger partial charge in [0.1, 0.15) is 11.8 Å². The Balaban J connectivity index is 2.42. The molecule has 0 unspecified atom stereocenters. The summed E-state index contributed by atoms with van der Waals surface area (Å²) in [7, 11) is 0. The van der Waals surface area contributed by atoms with Gasteiger partial charge in [-0.25, -0.2) is 4.79 Å². The van der Waals surface area contributed by atoms with Gasteiger partial charge in [0, 0.05) is 22.7 Å². The minimum atomic E-state index is -1.17. The molecule has 0 heterocycles. The van der Waals surface area contributed by atoms with E-state index < -0.39 is 38.5 Å². The van der Waals surface area contributed by atoms with Crippen molar-refractivity contribution in [1.29, 1.82) is 0 Å². The zero-order valence-corrected chi connectivity index (χ0v) is 12.4. The molecule has 2 aromatic carbocycles. The van der Waals surface area contributed by atoms with E-state index in [1.165, 1.54) is 12.1 Å². The Labute approximate surface area is 138 Å². The standard InChI is InChI=1S/C14H7ClN2O7/c15-9-2-3-10(11(6-9)16(20)21)14(19)24-13-4-1-8(7-18)5-12(13)17(22)23/h1-7H. The van der Waals surface area contributed by atoms with Crippen LogP contribution in [0.25, 0.3) is 0 Å². The van der Waals surface area contributed by atoms with Crippen LogP contribution in [0.2, 0.25) is 5.02 Å². The van der Waals surface area contributed by atoms with Crippen molar-refractivity contribution in [3.05, 3.63) is 72.8 Å². The maximum atomic E-state index is 12.1. The first-order chi connectivity index (χ1) is 11.3. The van der Waals surface area contributed by atoms with Crippen LogP contribution < -0.4 is 4.74 Å². The van der Waals surface area contributed by atoms with Crippen molar-refractivity contribution in [1.82, 2.24) is 0 Å². The third kappa shape index (κ3) is 3.52. The van der Waals surface area contributed by atoms with Gasteiger partial charge < -0.3 is 4.74 Å². The Morgan fingerprint density at radius 3 is 2.29 bits per heavy atom. The van der Waals surface area contributed by atoms with Gasteiger partial charge >= 0.3 is 11.7 Å². The van der Waals surface area contributed by atoms with Gasteiger partial charge in [-0.05, 0) is 24.3 Å². The van der Waals surface area contributed by atoms with Crippen LogP contribution in [0.5, 0.6) is 5.75 Å². The van der Waals surface area contributed by atoms with E-state index in [0.29, 0.717) is 6.29 Å². The van der Waals surface area contributed by atoms with E-state index in [9.17, 15) is 29.8 Å². The molecular formula is C14H7ClN2O7. The first-order valence-corrected chi connectivity index (χ1v) is 6.61. The average molecular weight is 351 g/mol. The summed E-state index contributed by atoms with van der Waals surface area (Å²) >= 11 is 5.65. The van der Waals surface area contributed by atoms with Crippen molar-refractivity contribution >= 4 is 35.2 Å². The molecule has 0 aliphatic heterocycles. The molecule has 0 aromatic heterocycles. The molecule has 2 aromatic rings. The topological polar surface area (TPSA) is 130 Å². The van der Waals surface area contributed by atoms with E-state index >= 15 is 0 Å². The van der Waals surface area contributed by atoms with Crippen molar-refractivity contribution in [2.75, 3.05) is 0 Å². The summed E-state index contributed by atoms with van der Waals surface area (Å²) in [6, 6.07) is 6.47. The van der Waals surface area contributed by atoms with E-state index in [1.807, 2.05) is 0 Å². The van der Waals surface area contributed by atoms with E-state index in [4.69, 9.17) is 16.3 Å². The number of ether oxygens (including phenoxy) is 1. The first-order valence-electron chi connectivity index (χ1n) is 6.23. The van der Waals surface area contributed by atoms with Crippen LogP contribution in [0.3, 0.4) is 0 Å². The van der Waals surface area contributed by atoms with Gasteiger partial charge in [-0.1, -0.05) is 11.6 Å². The maximum Gasteiger partial charge on any atom is 0.350 e. The fraction of sp³-hybridized carbons (Fsp3) is 0. The number of nitro groups is 2. The van der Waals surface area contributed by atoms with Crippen molar-refractivity contribution in [2.24, 2.45) is 0 Å². The van der Waals surface area contributed by atoms with Crippen molar-refractivity contribution in [3.63, 3.8) is 0 Å². The number of nitrogens with zero attached hydrogens (tertiary/aromatic N) is 2. The highest BCUT2D eigenvalue weighted by Crippen LogP contribution is 2.30. The van der Waals surface area contributed by atoms with Crippen molar-refractivity contribution < 1.29 is 24.2 Å². The molecule has 9 nitrogen and oxygen atoms in total. The van der Waals surface area contributed by atoms with Gasteiger partial charge in [0.25, 0.3) is 5.69 Å². The number of hydrogen-bond acceptors (Lipinski definition) is 7. The quantitative estimate of drug-likeness (QED) is 0.266. The number of hydrogen-bond donors (Lipinski definition) is 0. The lowest BCUT2D eigenvalue weighted by Gasteiger charge is -2.06. The molecule has 10 heteroatoms. The summed E-state index contributed by atoms with van der Waals surface area (Å²) in [4.78, 5) is 43.1. The Morgan fingerprint density at radius 2 is 1.71 bits per heavy atom. The van der Waals surface area contributed by atoms with Crippen LogP contribution in [-0.2, 0) is 0 Å². The Hall–Kier alpha value is -3.33. The van der Waals surface area contributed by atoms with E-state index in [0.717, 1.165) is 24.3 Å². The lowest BCUT2D eigenvalue weighted by Crippen LogP contribution is -2.12. The zero-order chi connectivity index (χ0) is 17.9. The van der Waals surface area contributed by atoms with Crippen molar-refractivity contribution in [3.8, 4) is 5.75 Å². The Morgan fingerprint density at radius 1 is 1.04 bits per heavy atom. The fourth-order valence-corrected chi connectivity index (χ4v) is 1.99. The van der Waals surface area contributed by atoms with Gasteiger partial charge in [-0.3, -0.25) is 25.0 Å². The monoisotopic (exact) mass is 350 g/mol. The highest BCUT2D eigenvalue weighted by Gasteiger charge is 2.25. The summed E-state index contributed by atoms with van der Waals surface area (Å²) in [5.74, 6) is -1.61. The summed E-state index contributed by atoms with van der Waals surface area (Å²) < 4.78 is 4.88. The molecule has 0 fully saturated rings. The Kier molecular flexibility index (Phi) is 4.85. The number of halogens is 1. The van der Waals surface area contributed by atoms with Crippen LogP contribution in [0.1, 0.15) is 20.7 Å².